The molecule has 3 aliphatic rings. The van der Waals surface area contributed by atoms with Crippen molar-refractivity contribution >= 4 is 11.9 Å². The van der Waals surface area contributed by atoms with E-state index in [4.69, 9.17) is 9.47 Å². The predicted molar refractivity (Wildman–Crippen MR) is 101 cm³/mol. The van der Waals surface area contributed by atoms with Gasteiger partial charge in [-0.05, 0) is 41.7 Å². The molecule has 0 saturated carbocycles. The molecule has 0 aromatic heterocycles. The van der Waals surface area contributed by atoms with Crippen LogP contribution in [0.3, 0.4) is 0 Å². The topological polar surface area (TPSA) is 51.1 Å². The second-order valence-corrected chi connectivity index (χ2v) is 7.60. The van der Waals surface area contributed by atoms with Crippen LogP contribution in [-0.2, 0) is 32.9 Å². The largest absolute Gasteiger partial charge is 0.451 e. The fourth-order valence-electron chi connectivity index (χ4n) is 4.37. The Hall–Kier alpha value is -2.73. The molecule has 2 aromatic rings. The fraction of sp³-hybridized carbons (Fsp3) is 0.364. The van der Waals surface area contributed by atoms with E-state index in [1.165, 1.54) is 6.07 Å². The highest BCUT2D eigenvalue weighted by atomic mass is 19.1. The van der Waals surface area contributed by atoms with E-state index in [2.05, 4.69) is 4.99 Å². The molecule has 1 spiro atoms. The number of fused-ring (bicyclic) bond motifs is 2. The van der Waals surface area contributed by atoms with Crippen molar-refractivity contribution in [3.05, 3.63) is 71.0 Å². The molecule has 3 aliphatic heterocycles. The van der Waals surface area contributed by atoms with Crippen LogP contribution in [0.1, 0.15) is 29.5 Å². The van der Waals surface area contributed by atoms with Gasteiger partial charge in [-0.2, -0.15) is 4.99 Å². The molecule has 2 aromatic carbocycles. The number of hydrogen-bond acceptors (Lipinski definition) is 4. The Kier molecular flexibility index (Phi) is 4.16. The Morgan fingerprint density at radius 2 is 1.93 bits per heavy atom. The van der Waals surface area contributed by atoms with E-state index in [0.717, 1.165) is 29.5 Å². The Labute approximate surface area is 162 Å². The third-order valence-electron chi connectivity index (χ3n) is 5.90. The SMILES string of the molecule is O=C1N=C(N2CCC3(CC2)OCc2cc(F)ccc23)OC1Cc1ccccc1. The summed E-state index contributed by atoms with van der Waals surface area (Å²) in [6.45, 7) is 1.81. The first kappa shape index (κ1) is 17.4. The van der Waals surface area contributed by atoms with Crippen LogP contribution in [0.5, 0.6) is 0 Å². The van der Waals surface area contributed by atoms with Gasteiger partial charge in [-0.15, -0.1) is 0 Å². The van der Waals surface area contributed by atoms with Gasteiger partial charge in [-0.1, -0.05) is 36.4 Å². The number of amidine groups is 1. The number of aliphatic imine (C=N–C) groups is 1. The van der Waals surface area contributed by atoms with Gasteiger partial charge >= 0.3 is 0 Å². The van der Waals surface area contributed by atoms with Gasteiger partial charge in [0.15, 0.2) is 6.10 Å². The number of rotatable bonds is 2. The highest BCUT2D eigenvalue weighted by molar-refractivity contribution is 5.98. The van der Waals surface area contributed by atoms with Crippen molar-refractivity contribution in [2.75, 3.05) is 13.1 Å². The monoisotopic (exact) mass is 380 g/mol. The zero-order valence-electron chi connectivity index (χ0n) is 15.4. The van der Waals surface area contributed by atoms with Crippen LogP contribution in [0.4, 0.5) is 4.39 Å². The molecule has 1 atom stereocenters. The number of carbonyl (C=O) groups excluding carboxylic acids is 1. The Balaban J connectivity index is 1.25. The number of nitrogens with zero attached hydrogens (tertiary/aromatic N) is 2. The van der Waals surface area contributed by atoms with Gasteiger partial charge < -0.3 is 14.4 Å². The lowest BCUT2D eigenvalue weighted by Crippen LogP contribution is -2.45. The van der Waals surface area contributed by atoms with E-state index in [1.54, 1.807) is 6.07 Å². The number of halogens is 1. The molecule has 144 valence electrons. The number of carbonyl (C=O) groups is 1. The number of hydrogen-bond donors (Lipinski definition) is 0. The summed E-state index contributed by atoms with van der Waals surface area (Å²) in [7, 11) is 0. The standard InChI is InChI=1S/C22H21FN2O3/c23-17-6-7-18-16(13-17)14-27-22(18)8-10-25(11-9-22)21-24-20(26)19(28-21)12-15-4-2-1-3-5-15/h1-7,13,19H,8-12,14H2. The predicted octanol–water partition coefficient (Wildman–Crippen LogP) is 3.17. The minimum Gasteiger partial charge on any atom is -0.451 e. The van der Waals surface area contributed by atoms with Gasteiger partial charge in [0.1, 0.15) is 5.82 Å². The summed E-state index contributed by atoms with van der Waals surface area (Å²) in [5, 5.41) is 0. The van der Waals surface area contributed by atoms with Crippen LogP contribution in [0.15, 0.2) is 53.5 Å². The van der Waals surface area contributed by atoms with Crippen LogP contribution >= 0.6 is 0 Å². The summed E-state index contributed by atoms with van der Waals surface area (Å²) in [6.07, 6.45) is 1.48. The first-order valence-electron chi connectivity index (χ1n) is 9.64. The van der Waals surface area contributed by atoms with Crippen LogP contribution in [0.25, 0.3) is 0 Å². The normalized spacial score (nSPS) is 22.9. The average Bonchev–Trinajstić information content (AvgIpc) is 3.24. The zero-order chi connectivity index (χ0) is 19.1. The van der Waals surface area contributed by atoms with Gasteiger partial charge in [-0.25, -0.2) is 4.39 Å². The first-order chi connectivity index (χ1) is 13.6. The molecule has 0 aliphatic carbocycles. The summed E-state index contributed by atoms with van der Waals surface area (Å²) in [5.41, 5.74) is 2.70. The van der Waals surface area contributed by atoms with Crippen LogP contribution < -0.4 is 0 Å². The summed E-state index contributed by atoms with van der Waals surface area (Å²) in [4.78, 5) is 18.4. The average molecular weight is 380 g/mol. The third kappa shape index (κ3) is 2.98. The van der Waals surface area contributed by atoms with E-state index < -0.39 is 6.10 Å². The lowest BCUT2D eigenvalue weighted by atomic mass is 9.84. The van der Waals surface area contributed by atoms with Crippen molar-refractivity contribution < 1.29 is 18.7 Å². The van der Waals surface area contributed by atoms with E-state index in [-0.39, 0.29) is 17.3 Å². The lowest BCUT2D eigenvalue weighted by Gasteiger charge is -2.39. The van der Waals surface area contributed by atoms with Crippen molar-refractivity contribution in [1.82, 2.24) is 4.90 Å². The second-order valence-electron chi connectivity index (χ2n) is 7.60. The maximum atomic E-state index is 13.5. The summed E-state index contributed by atoms with van der Waals surface area (Å²) >= 11 is 0. The van der Waals surface area contributed by atoms with Crippen molar-refractivity contribution in [1.29, 1.82) is 0 Å². The Morgan fingerprint density at radius 3 is 2.71 bits per heavy atom. The zero-order valence-corrected chi connectivity index (χ0v) is 15.4. The number of piperidine rings is 1. The molecule has 5 rings (SSSR count). The van der Waals surface area contributed by atoms with Crippen molar-refractivity contribution in [2.45, 2.75) is 37.6 Å². The maximum absolute atomic E-state index is 13.5. The Bertz CT molecular complexity index is 936. The molecule has 0 radical (unpaired) electrons. The smallest absolute Gasteiger partial charge is 0.296 e. The number of amides is 1. The van der Waals surface area contributed by atoms with E-state index in [0.29, 0.717) is 32.1 Å². The molecular weight excluding hydrogens is 359 g/mol. The molecule has 1 unspecified atom stereocenters. The lowest BCUT2D eigenvalue weighted by molar-refractivity contribution is -0.122. The molecule has 28 heavy (non-hydrogen) atoms. The van der Waals surface area contributed by atoms with Gasteiger partial charge in [0, 0.05) is 19.5 Å². The number of ether oxygens (including phenoxy) is 2. The van der Waals surface area contributed by atoms with Crippen molar-refractivity contribution in [3.8, 4) is 0 Å². The van der Waals surface area contributed by atoms with E-state index in [1.807, 2.05) is 41.3 Å². The summed E-state index contributed by atoms with van der Waals surface area (Å²) in [6, 6.07) is 15.1. The summed E-state index contributed by atoms with van der Waals surface area (Å²) in [5.74, 6) is -0.453. The first-order valence-corrected chi connectivity index (χ1v) is 9.64. The van der Waals surface area contributed by atoms with Crippen molar-refractivity contribution in [3.63, 3.8) is 0 Å². The fourth-order valence-corrected chi connectivity index (χ4v) is 4.37. The second kappa shape index (κ2) is 6.71. The quantitative estimate of drug-likeness (QED) is 0.803. The molecule has 1 fully saturated rings. The van der Waals surface area contributed by atoms with Gasteiger partial charge in [0.2, 0.25) is 0 Å². The molecular formula is C22H21FN2O3. The molecule has 1 amide bonds. The van der Waals surface area contributed by atoms with Crippen LogP contribution in [0, 0.1) is 5.82 Å². The van der Waals surface area contributed by atoms with E-state index >= 15 is 0 Å². The minimum absolute atomic E-state index is 0.225. The summed E-state index contributed by atoms with van der Waals surface area (Å²) < 4.78 is 25.5. The highest BCUT2D eigenvalue weighted by Gasteiger charge is 2.44. The van der Waals surface area contributed by atoms with E-state index in [9.17, 15) is 9.18 Å². The van der Waals surface area contributed by atoms with Gasteiger partial charge in [-0.3, -0.25) is 4.79 Å². The van der Waals surface area contributed by atoms with Crippen LogP contribution in [0.2, 0.25) is 0 Å². The number of benzene rings is 2. The third-order valence-corrected chi connectivity index (χ3v) is 5.90. The molecule has 1 saturated heterocycles. The molecule has 0 bridgehead atoms. The molecule has 6 heteroatoms. The molecule has 3 heterocycles. The number of likely N-dealkylation sites (tertiary alicyclic amines) is 1. The van der Waals surface area contributed by atoms with Gasteiger partial charge in [0.05, 0.1) is 12.2 Å². The van der Waals surface area contributed by atoms with Gasteiger partial charge in [0.25, 0.3) is 11.9 Å². The maximum Gasteiger partial charge on any atom is 0.296 e. The van der Waals surface area contributed by atoms with Crippen molar-refractivity contribution in [2.24, 2.45) is 4.99 Å². The molecule has 5 nitrogen and oxygen atoms in total. The highest BCUT2D eigenvalue weighted by Crippen LogP contribution is 2.44. The van der Waals surface area contributed by atoms with Crippen LogP contribution in [-0.4, -0.2) is 36.0 Å². The molecule has 0 N–H and O–H groups in total. The Morgan fingerprint density at radius 1 is 1.14 bits per heavy atom. The minimum atomic E-state index is -0.556.